The molecule has 3 aliphatic rings. The van der Waals surface area contributed by atoms with Crippen molar-refractivity contribution in [2.45, 2.75) is 25.1 Å². The Kier molecular flexibility index (Phi) is 5.02. The first-order valence-corrected chi connectivity index (χ1v) is 11.0. The highest BCUT2D eigenvalue weighted by Crippen LogP contribution is 2.38. The van der Waals surface area contributed by atoms with Gasteiger partial charge in [0.2, 0.25) is 5.91 Å². The van der Waals surface area contributed by atoms with Crippen LogP contribution in [0.15, 0.2) is 30.3 Å². The fraction of sp³-hybridized carbons (Fsp3) is 0.556. The zero-order valence-corrected chi connectivity index (χ0v) is 16.4. The van der Waals surface area contributed by atoms with Gasteiger partial charge in [-0.2, -0.15) is 13.5 Å². The number of piperidine rings is 1. The summed E-state index contributed by atoms with van der Waals surface area (Å²) in [7, 11) is -3.54. The topological polar surface area (TPSA) is 96.5 Å². The van der Waals surface area contributed by atoms with Crippen molar-refractivity contribution >= 4 is 22.1 Å². The van der Waals surface area contributed by atoms with Gasteiger partial charge in [0, 0.05) is 25.6 Å². The number of hydrogen-bond acceptors (Lipinski definition) is 6. The second-order valence-corrected chi connectivity index (χ2v) is 9.07. The van der Waals surface area contributed by atoms with E-state index in [4.69, 9.17) is 9.02 Å². The maximum Gasteiger partial charge on any atom is 0.345 e. The van der Waals surface area contributed by atoms with Crippen LogP contribution in [0.2, 0.25) is 0 Å². The summed E-state index contributed by atoms with van der Waals surface area (Å²) in [6.07, 6.45) is 1.66. The predicted molar refractivity (Wildman–Crippen MR) is 98.2 cm³/mol. The number of benzene rings is 1. The van der Waals surface area contributed by atoms with Crippen molar-refractivity contribution in [1.29, 1.82) is 0 Å². The summed E-state index contributed by atoms with van der Waals surface area (Å²) < 4.78 is 26.9. The molecule has 0 saturated carbocycles. The molecule has 3 atom stereocenters. The van der Waals surface area contributed by atoms with Gasteiger partial charge in [0.1, 0.15) is 12.6 Å². The zero-order chi connectivity index (χ0) is 19.9. The third-order valence-corrected chi connectivity index (χ3v) is 6.02. The standard InChI is InChI=1S/C18H23N3O6S/c1-28(24,25)27-8-7-19-10-14-9-15-11-20(16(14)17(19)22)18(23)21(15)26-12-13-5-3-2-4-6-13/h2-6,14-16H,7-12H2,1H3/t14-,15+,16-/m0/s1. The Morgan fingerprint density at radius 3 is 2.61 bits per heavy atom. The van der Waals surface area contributed by atoms with Crippen molar-refractivity contribution in [3.8, 4) is 0 Å². The zero-order valence-electron chi connectivity index (χ0n) is 15.6. The molecule has 10 heteroatoms. The second kappa shape index (κ2) is 7.34. The molecule has 1 aromatic rings. The summed E-state index contributed by atoms with van der Waals surface area (Å²) in [5.41, 5.74) is 0.972. The number of urea groups is 1. The Labute approximate surface area is 163 Å². The van der Waals surface area contributed by atoms with E-state index in [1.165, 1.54) is 5.06 Å². The van der Waals surface area contributed by atoms with Crippen LogP contribution in [0.5, 0.6) is 0 Å². The van der Waals surface area contributed by atoms with Crippen LogP contribution in [0, 0.1) is 5.92 Å². The molecule has 0 spiro atoms. The largest absolute Gasteiger partial charge is 0.345 e. The molecular weight excluding hydrogens is 386 g/mol. The Balaban J connectivity index is 1.38. The first-order valence-electron chi connectivity index (χ1n) is 9.23. The van der Waals surface area contributed by atoms with E-state index in [1.54, 1.807) is 9.80 Å². The number of nitrogens with zero attached hydrogens (tertiary/aromatic N) is 3. The molecule has 3 fully saturated rings. The third kappa shape index (κ3) is 3.71. The van der Waals surface area contributed by atoms with E-state index >= 15 is 0 Å². The molecule has 28 heavy (non-hydrogen) atoms. The van der Waals surface area contributed by atoms with Gasteiger partial charge in [0.15, 0.2) is 0 Å². The van der Waals surface area contributed by atoms with E-state index in [9.17, 15) is 18.0 Å². The summed E-state index contributed by atoms with van der Waals surface area (Å²) in [6, 6.07) is 8.74. The second-order valence-electron chi connectivity index (χ2n) is 7.42. The lowest BCUT2D eigenvalue weighted by Gasteiger charge is -2.30. The fourth-order valence-corrected chi connectivity index (χ4v) is 4.62. The van der Waals surface area contributed by atoms with Crippen LogP contribution >= 0.6 is 0 Å². The van der Waals surface area contributed by atoms with Gasteiger partial charge in [-0.15, -0.1) is 0 Å². The average Bonchev–Trinajstić information content (AvgIpc) is 3.09. The highest BCUT2D eigenvalue weighted by molar-refractivity contribution is 7.85. The number of fused-ring (bicyclic) bond motifs is 4. The average molecular weight is 409 g/mol. The molecule has 0 N–H and O–H groups in total. The molecule has 3 amide bonds. The molecular formula is C18H23N3O6S. The van der Waals surface area contributed by atoms with Crippen LogP contribution in [-0.2, 0) is 30.5 Å². The van der Waals surface area contributed by atoms with E-state index < -0.39 is 16.2 Å². The Hall–Kier alpha value is -2.17. The van der Waals surface area contributed by atoms with Crippen LogP contribution in [0.4, 0.5) is 4.79 Å². The molecule has 3 heterocycles. The molecule has 0 radical (unpaired) electrons. The molecule has 9 nitrogen and oxygen atoms in total. The molecule has 0 unspecified atom stereocenters. The molecule has 1 aromatic carbocycles. The van der Waals surface area contributed by atoms with Gasteiger partial charge in [-0.1, -0.05) is 30.3 Å². The minimum absolute atomic E-state index is 0.0127. The van der Waals surface area contributed by atoms with Crippen LogP contribution in [0.3, 0.4) is 0 Å². The first-order chi connectivity index (χ1) is 13.3. The Morgan fingerprint density at radius 2 is 1.89 bits per heavy atom. The fourth-order valence-electron chi connectivity index (χ4n) is 4.25. The van der Waals surface area contributed by atoms with Crippen LogP contribution in [0.25, 0.3) is 0 Å². The minimum atomic E-state index is -3.54. The van der Waals surface area contributed by atoms with Gasteiger partial charge in [-0.25, -0.2) is 4.79 Å². The molecule has 2 bridgehead atoms. The summed E-state index contributed by atoms with van der Waals surface area (Å²) in [4.78, 5) is 34.5. The quantitative estimate of drug-likeness (QED) is 0.606. The van der Waals surface area contributed by atoms with Crippen LogP contribution in [0.1, 0.15) is 12.0 Å². The number of carbonyl (C=O) groups excluding carboxylic acids is 2. The van der Waals surface area contributed by atoms with Gasteiger partial charge < -0.3 is 9.80 Å². The number of amides is 3. The highest BCUT2D eigenvalue weighted by Gasteiger charge is 2.56. The Morgan fingerprint density at radius 1 is 1.14 bits per heavy atom. The van der Waals surface area contributed by atoms with E-state index in [0.29, 0.717) is 26.1 Å². The van der Waals surface area contributed by atoms with E-state index in [2.05, 4.69) is 0 Å². The number of hydrogen-bond donors (Lipinski definition) is 0. The Bertz CT molecular complexity index is 861. The van der Waals surface area contributed by atoms with Gasteiger partial charge in [-0.3, -0.25) is 13.8 Å². The minimum Gasteiger partial charge on any atom is -0.338 e. The normalized spacial score (nSPS) is 26.9. The predicted octanol–water partition coefficient (Wildman–Crippen LogP) is 0.431. The van der Waals surface area contributed by atoms with Crippen molar-refractivity contribution < 1.29 is 27.0 Å². The van der Waals surface area contributed by atoms with Gasteiger partial charge in [0.05, 0.1) is 18.9 Å². The van der Waals surface area contributed by atoms with Crippen molar-refractivity contribution in [3.63, 3.8) is 0 Å². The lowest BCUT2D eigenvalue weighted by molar-refractivity contribution is -0.142. The first kappa shape index (κ1) is 19.2. The molecule has 3 saturated heterocycles. The van der Waals surface area contributed by atoms with Gasteiger partial charge in [-0.05, 0) is 12.0 Å². The van der Waals surface area contributed by atoms with Gasteiger partial charge >= 0.3 is 6.03 Å². The third-order valence-electron chi connectivity index (χ3n) is 5.42. The van der Waals surface area contributed by atoms with Gasteiger partial charge in [0.25, 0.3) is 10.1 Å². The van der Waals surface area contributed by atoms with E-state index in [0.717, 1.165) is 11.8 Å². The monoisotopic (exact) mass is 409 g/mol. The maximum absolute atomic E-state index is 12.8. The van der Waals surface area contributed by atoms with E-state index in [1.807, 2.05) is 30.3 Å². The van der Waals surface area contributed by atoms with Crippen molar-refractivity contribution in [2.75, 3.05) is 32.5 Å². The summed E-state index contributed by atoms with van der Waals surface area (Å²) in [5.74, 6) is -0.141. The smallest absolute Gasteiger partial charge is 0.338 e. The van der Waals surface area contributed by atoms with Crippen molar-refractivity contribution in [3.05, 3.63) is 35.9 Å². The lowest BCUT2D eigenvalue weighted by Crippen LogP contribution is -2.48. The number of hydroxylamine groups is 2. The maximum atomic E-state index is 12.8. The molecule has 0 aromatic heterocycles. The number of rotatable bonds is 7. The summed E-state index contributed by atoms with van der Waals surface area (Å²) >= 11 is 0. The molecule has 4 rings (SSSR count). The van der Waals surface area contributed by atoms with Crippen LogP contribution in [-0.4, -0.2) is 79.8 Å². The van der Waals surface area contributed by atoms with E-state index in [-0.39, 0.29) is 37.0 Å². The number of likely N-dealkylation sites (tertiary alicyclic amines) is 1. The van der Waals surface area contributed by atoms with Crippen molar-refractivity contribution in [2.24, 2.45) is 5.92 Å². The SMILES string of the molecule is CS(=O)(=O)OCCN1C[C@@H]2C[C@@H]3CN(C(=O)N3OCc3ccccc3)[C@@H]2C1=O. The summed E-state index contributed by atoms with van der Waals surface area (Å²) in [5, 5.41) is 1.41. The highest BCUT2D eigenvalue weighted by atomic mass is 32.2. The molecule has 3 aliphatic heterocycles. The molecule has 152 valence electrons. The molecule has 0 aliphatic carbocycles. The summed E-state index contributed by atoms with van der Waals surface area (Å²) in [6.45, 7) is 1.38. The van der Waals surface area contributed by atoms with Crippen molar-refractivity contribution in [1.82, 2.24) is 14.9 Å². The lowest BCUT2D eigenvalue weighted by atomic mass is 9.90. The van der Waals surface area contributed by atoms with Crippen LogP contribution < -0.4 is 0 Å². The number of carbonyl (C=O) groups is 2.